The molecule has 24 heavy (non-hydrogen) atoms. The van der Waals surface area contributed by atoms with E-state index in [1.165, 1.54) is 0 Å². The normalized spacial score (nSPS) is 14.9. The molecular weight excluding hydrogens is 304 g/mol. The minimum atomic E-state index is -0.0594. The van der Waals surface area contributed by atoms with Crippen molar-refractivity contribution in [3.05, 3.63) is 29.8 Å². The molecule has 2 rings (SSSR count). The van der Waals surface area contributed by atoms with Gasteiger partial charge in [-0.15, -0.1) is 0 Å². The van der Waals surface area contributed by atoms with E-state index in [0.29, 0.717) is 18.3 Å². The van der Waals surface area contributed by atoms with Crippen molar-refractivity contribution in [2.75, 3.05) is 13.7 Å². The summed E-state index contributed by atoms with van der Waals surface area (Å²) < 4.78 is 5.57. The minimum Gasteiger partial charge on any atom is -0.484 e. The molecule has 0 saturated heterocycles. The average molecular weight is 332 g/mol. The lowest BCUT2D eigenvalue weighted by molar-refractivity contribution is -0.123. The summed E-state index contributed by atoms with van der Waals surface area (Å²) in [5.74, 6) is 1.38. The molecule has 6 nitrogen and oxygen atoms in total. The molecule has 1 aromatic carbocycles. The van der Waals surface area contributed by atoms with Crippen molar-refractivity contribution in [3.63, 3.8) is 0 Å². The van der Waals surface area contributed by atoms with Crippen LogP contribution in [0.4, 0.5) is 0 Å². The Labute approximate surface area is 144 Å². The van der Waals surface area contributed by atoms with Gasteiger partial charge in [-0.25, -0.2) is 0 Å². The molecule has 0 bridgehead atoms. The second-order valence-electron chi connectivity index (χ2n) is 7.08. The summed E-state index contributed by atoms with van der Waals surface area (Å²) in [6, 6.07) is 8.08. The molecule has 0 aliphatic heterocycles. The molecule has 0 spiro atoms. The van der Waals surface area contributed by atoms with Crippen LogP contribution in [0.3, 0.4) is 0 Å². The van der Waals surface area contributed by atoms with Crippen molar-refractivity contribution in [2.45, 2.75) is 51.7 Å². The van der Waals surface area contributed by atoms with E-state index in [-0.39, 0.29) is 18.1 Å². The molecule has 1 aliphatic rings. The molecule has 132 valence electrons. The molecule has 1 aliphatic carbocycles. The lowest BCUT2D eigenvalue weighted by atomic mass is 10.1. The van der Waals surface area contributed by atoms with Gasteiger partial charge in [-0.1, -0.05) is 12.1 Å². The Morgan fingerprint density at radius 1 is 1.33 bits per heavy atom. The van der Waals surface area contributed by atoms with Gasteiger partial charge in [0.2, 0.25) is 0 Å². The Hall–Kier alpha value is -2.24. The quantitative estimate of drug-likeness (QED) is 0.549. The first-order valence-electron chi connectivity index (χ1n) is 8.35. The summed E-state index contributed by atoms with van der Waals surface area (Å²) in [4.78, 5) is 15.9. The molecule has 6 heteroatoms. The van der Waals surface area contributed by atoms with Gasteiger partial charge in [0, 0.05) is 25.2 Å². The Morgan fingerprint density at radius 2 is 2.08 bits per heavy atom. The lowest BCUT2D eigenvalue weighted by Crippen LogP contribution is -2.47. The van der Waals surface area contributed by atoms with Gasteiger partial charge < -0.3 is 20.7 Å². The van der Waals surface area contributed by atoms with E-state index in [1.807, 2.05) is 24.3 Å². The molecule has 0 unspecified atom stereocenters. The third-order valence-electron chi connectivity index (χ3n) is 3.39. The summed E-state index contributed by atoms with van der Waals surface area (Å²) in [6.07, 6.45) is 2.16. The van der Waals surface area contributed by atoms with Gasteiger partial charge in [0.25, 0.3) is 5.91 Å². The van der Waals surface area contributed by atoms with E-state index in [9.17, 15) is 4.79 Å². The highest BCUT2D eigenvalue weighted by atomic mass is 16.5. The van der Waals surface area contributed by atoms with E-state index >= 15 is 0 Å². The fourth-order valence-electron chi connectivity index (χ4n) is 2.11. The number of ether oxygens (including phenoxy) is 1. The Kier molecular flexibility index (Phi) is 6.06. The number of amides is 1. The van der Waals surface area contributed by atoms with Crippen molar-refractivity contribution in [1.29, 1.82) is 0 Å². The number of carbonyl (C=O) groups excluding carboxylic acids is 1. The molecule has 0 radical (unpaired) electrons. The van der Waals surface area contributed by atoms with Crippen molar-refractivity contribution in [1.82, 2.24) is 16.0 Å². The van der Waals surface area contributed by atoms with Crippen LogP contribution in [-0.2, 0) is 11.3 Å². The number of hydrogen-bond acceptors (Lipinski definition) is 3. The summed E-state index contributed by atoms with van der Waals surface area (Å²) >= 11 is 0. The molecule has 1 saturated carbocycles. The number of benzene rings is 1. The standard InChI is InChI=1S/C18H28N4O2/c1-18(2,3)22-17(19-4)20-11-13-6-5-7-15(10-13)24-12-16(23)21-14-8-9-14/h5-7,10,14H,8-9,11-12H2,1-4H3,(H,21,23)(H2,19,20,22). The van der Waals surface area contributed by atoms with Crippen LogP contribution in [0.1, 0.15) is 39.2 Å². The van der Waals surface area contributed by atoms with Gasteiger partial charge >= 0.3 is 0 Å². The van der Waals surface area contributed by atoms with E-state index < -0.39 is 0 Å². The van der Waals surface area contributed by atoms with Gasteiger partial charge in [0.15, 0.2) is 12.6 Å². The zero-order chi connectivity index (χ0) is 17.6. The van der Waals surface area contributed by atoms with Crippen LogP contribution in [0.15, 0.2) is 29.3 Å². The SMILES string of the molecule is CN=C(NCc1cccc(OCC(=O)NC2CC2)c1)NC(C)(C)C. The van der Waals surface area contributed by atoms with Crippen LogP contribution in [0.25, 0.3) is 0 Å². The maximum atomic E-state index is 11.7. The first-order chi connectivity index (χ1) is 11.4. The maximum absolute atomic E-state index is 11.7. The molecule has 1 aromatic rings. The van der Waals surface area contributed by atoms with Crippen LogP contribution in [0.5, 0.6) is 5.75 Å². The van der Waals surface area contributed by atoms with Crippen LogP contribution in [0, 0.1) is 0 Å². The zero-order valence-corrected chi connectivity index (χ0v) is 15.0. The van der Waals surface area contributed by atoms with Crippen molar-refractivity contribution in [2.24, 2.45) is 4.99 Å². The molecule has 3 N–H and O–H groups in total. The first-order valence-corrected chi connectivity index (χ1v) is 8.35. The molecular formula is C18H28N4O2. The fourth-order valence-corrected chi connectivity index (χ4v) is 2.11. The molecule has 1 amide bonds. The van der Waals surface area contributed by atoms with Gasteiger partial charge in [0.1, 0.15) is 5.75 Å². The number of aliphatic imine (C=N–C) groups is 1. The summed E-state index contributed by atoms with van der Waals surface area (Å²) in [5.41, 5.74) is 1.01. The van der Waals surface area contributed by atoms with Crippen LogP contribution < -0.4 is 20.7 Å². The second-order valence-corrected chi connectivity index (χ2v) is 7.08. The molecule has 0 heterocycles. The van der Waals surface area contributed by atoms with Gasteiger partial charge in [-0.2, -0.15) is 0 Å². The third-order valence-corrected chi connectivity index (χ3v) is 3.39. The topological polar surface area (TPSA) is 74.8 Å². The monoisotopic (exact) mass is 332 g/mol. The molecule has 0 atom stereocenters. The van der Waals surface area contributed by atoms with Crippen LogP contribution in [-0.4, -0.2) is 37.1 Å². The minimum absolute atomic E-state index is 0.0538. The van der Waals surface area contributed by atoms with E-state index in [2.05, 4.69) is 41.7 Å². The van der Waals surface area contributed by atoms with E-state index in [0.717, 1.165) is 24.4 Å². The Balaban J connectivity index is 1.81. The molecule has 1 fully saturated rings. The highest BCUT2D eigenvalue weighted by molar-refractivity contribution is 5.80. The Morgan fingerprint density at radius 3 is 2.71 bits per heavy atom. The molecule has 0 aromatic heterocycles. The Bertz CT molecular complexity index is 589. The second kappa shape index (κ2) is 8.04. The highest BCUT2D eigenvalue weighted by Gasteiger charge is 2.23. The van der Waals surface area contributed by atoms with Crippen molar-refractivity contribution >= 4 is 11.9 Å². The number of rotatable bonds is 6. The number of nitrogens with one attached hydrogen (secondary N) is 3. The zero-order valence-electron chi connectivity index (χ0n) is 15.0. The third kappa shape index (κ3) is 6.89. The summed E-state index contributed by atoms with van der Waals surface area (Å²) in [5, 5.41) is 9.49. The van der Waals surface area contributed by atoms with Crippen molar-refractivity contribution < 1.29 is 9.53 Å². The maximum Gasteiger partial charge on any atom is 0.258 e. The van der Waals surface area contributed by atoms with E-state index in [4.69, 9.17) is 4.74 Å². The van der Waals surface area contributed by atoms with Crippen molar-refractivity contribution in [3.8, 4) is 5.75 Å². The number of nitrogens with zero attached hydrogens (tertiary/aromatic N) is 1. The largest absolute Gasteiger partial charge is 0.484 e. The predicted molar refractivity (Wildman–Crippen MR) is 96.2 cm³/mol. The number of carbonyl (C=O) groups is 1. The first kappa shape index (κ1) is 18.1. The van der Waals surface area contributed by atoms with Gasteiger partial charge in [-0.05, 0) is 51.3 Å². The predicted octanol–water partition coefficient (Wildman–Crippen LogP) is 1.81. The van der Waals surface area contributed by atoms with Gasteiger partial charge in [-0.3, -0.25) is 9.79 Å². The summed E-state index contributed by atoms with van der Waals surface area (Å²) in [7, 11) is 1.75. The summed E-state index contributed by atoms with van der Waals surface area (Å²) in [6.45, 7) is 6.94. The number of guanidine groups is 1. The van der Waals surface area contributed by atoms with Gasteiger partial charge in [0.05, 0.1) is 0 Å². The highest BCUT2D eigenvalue weighted by Crippen LogP contribution is 2.18. The number of hydrogen-bond donors (Lipinski definition) is 3. The van der Waals surface area contributed by atoms with Crippen LogP contribution >= 0.6 is 0 Å². The lowest BCUT2D eigenvalue weighted by Gasteiger charge is -2.23. The van der Waals surface area contributed by atoms with E-state index in [1.54, 1.807) is 7.05 Å². The smallest absolute Gasteiger partial charge is 0.258 e. The fraction of sp³-hybridized carbons (Fsp3) is 0.556. The average Bonchev–Trinajstić information content (AvgIpc) is 3.32. The van der Waals surface area contributed by atoms with Crippen LogP contribution in [0.2, 0.25) is 0 Å².